The van der Waals surface area contributed by atoms with Crippen molar-refractivity contribution in [1.82, 2.24) is 14.7 Å². The van der Waals surface area contributed by atoms with Crippen LogP contribution in [0.5, 0.6) is 5.75 Å². The number of morpholine rings is 1. The van der Waals surface area contributed by atoms with Gasteiger partial charge in [-0.15, -0.1) is 0 Å². The van der Waals surface area contributed by atoms with Gasteiger partial charge in [-0.25, -0.2) is 0 Å². The average molecular weight is 297 g/mol. The summed E-state index contributed by atoms with van der Waals surface area (Å²) >= 11 is 0. The molecule has 0 spiro atoms. The van der Waals surface area contributed by atoms with Crippen LogP contribution in [0.4, 0.5) is 0 Å². The first-order chi connectivity index (χ1) is 10.2. The smallest absolute Gasteiger partial charge is 0.162 e. The average Bonchev–Trinajstić information content (AvgIpc) is 2.90. The molecule has 2 rings (SSSR count). The third kappa shape index (κ3) is 3.75. The van der Waals surface area contributed by atoms with Crippen LogP contribution >= 0.6 is 0 Å². The molecule has 1 aromatic heterocycles. The lowest BCUT2D eigenvalue weighted by Crippen LogP contribution is -2.45. The standard InChI is InChI=1S/C15H27N3O3/c1-4-6-17-8-9-21-13(11-17)15(19)14-12(20-3)10-16-18(14)7-5-2/h10,13,15,19H,4-9,11H2,1-3H3. The van der Waals surface area contributed by atoms with Crippen molar-refractivity contribution >= 4 is 0 Å². The van der Waals surface area contributed by atoms with Gasteiger partial charge in [0.25, 0.3) is 0 Å². The molecular formula is C15H27N3O3. The monoisotopic (exact) mass is 297 g/mol. The molecule has 0 saturated carbocycles. The number of aliphatic hydroxyl groups excluding tert-OH is 1. The van der Waals surface area contributed by atoms with Gasteiger partial charge < -0.3 is 14.6 Å². The Balaban J connectivity index is 2.14. The quantitative estimate of drug-likeness (QED) is 0.825. The van der Waals surface area contributed by atoms with E-state index < -0.39 is 6.10 Å². The molecule has 0 aromatic carbocycles. The van der Waals surface area contributed by atoms with Crippen molar-refractivity contribution in [3.63, 3.8) is 0 Å². The van der Waals surface area contributed by atoms with Crippen molar-refractivity contribution in [2.45, 2.75) is 45.4 Å². The lowest BCUT2D eigenvalue weighted by molar-refractivity contribution is -0.0926. The molecule has 120 valence electrons. The van der Waals surface area contributed by atoms with E-state index in [9.17, 15) is 5.11 Å². The maximum Gasteiger partial charge on any atom is 0.162 e. The van der Waals surface area contributed by atoms with Crippen LogP contribution in [0.25, 0.3) is 0 Å². The zero-order chi connectivity index (χ0) is 15.2. The van der Waals surface area contributed by atoms with E-state index in [1.807, 2.05) is 4.68 Å². The molecule has 2 atom stereocenters. The second-order valence-corrected chi connectivity index (χ2v) is 5.48. The molecule has 1 saturated heterocycles. The van der Waals surface area contributed by atoms with Gasteiger partial charge in [0.15, 0.2) is 5.75 Å². The van der Waals surface area contributed by atoms with Gasteiger partial charge in [0.2, 0.25) is 0 Å². The van der Waals surface area contributed by atoms with Crippen molar-refractivity contribution in [1.29, 1.82) is 0 Å². The number of aromatic nitrogens is 2. The molecular weight excluding hydrogens is 270 g/mol. The van der Waals surface area contributed by atoms with E-state index >= 15 is 0 Å². The Labute approximate surface area is 126 Å². The SMILES string of the molecule is CCCN1CCOC(C(O)c2c(OC)cnn2CCC)C1. The van der Waals surface area contributed by atoms with Crippen LogP contribution in [0.3, 0.4) is 0 Å². The number of aliphatic hydroxyl groups is 1. The molecule has 0 amide bonds. The van der Waals surface area contributed by atoms with Gasteiger partial charge in [-0.1, -0.05) is 13.8 Å². The summed E-state index contributed by atoms with van der Waals surface area (Å²) in [5.41, 5.74) is 0.725. The molecule has 1 aliphatic rings. The Morgan fingerprint density at radius 3 is 2.86 bits per heavy atom. The molecule has 6 nitrogen and oxygen atoms in total. The van der Waals surface area contributed by atoms with Crippen molar-refractivity contribution in [3.8, 4) is 5.75 Å². The minimum absolute atomic E-state index is 0.230. The number of hydrogen-bond acceptors (Lipinski definition) is 5. The Morgan fingerprint density at radius 1 is 1.43 bits per heavy atom. The van der Waals surface area contributed by atoms with Gasteiger partial charge in [0.05, 0.1) is 19.9 Å². The predicted octanol–water partition coefficient (Wildman–Crippen LogP) is 1.45. The number of nitrogens with zero attached hydrogens (tertiary/aromatic N) is 3. The van der Waals surface area contributed by atoms with Crippen LogP contribution in [-0.4, -0.2) is 59.2 Å². The summed E-state index contributed by atoms with van der Waals surface area (Å²) in [6.45, 7) is 8.40. The number of rotatable bonds is 7. The summed E-state index contributed by atoms with van der Waals surface area (Å²) in [6.07, 6.45) is 2.79. The number of aryl methyl sites for hydroxylation is 1. The third-order valence-electron chi connectivity index (χ3n) is 3.85. The largest absolute Gasteiger partial charge is 0.493 e. The lowest BCUT2D eigenvalue weighted by atomic mass is 10.1. The molecule has 0 aliphatic carbocycles. The molecule has 1 aromatic rings. The molecule has 21 heavy (non-hydrogen) atoms. The second-order valence-electron chi connectivity index (χ2n) is 5.48. The lowest BCUT2D eigenvalue weighted by Gasteiger charge is -2.35. The zero-order valence-corrected chi connectivity index (χ0v) is 13.3. The third-order valence-corrected chi connectivity index (χ3v) is 3.85. The minimum atomic E-state index is -0.714. The van der Waals surface area contributed by atoms with Crippen molar-refractivity contribution in [3.05, 3.63) is 11.9 Å². The van der Waals surface area contributed by atoms with E-state index in [4.69, 9.17) is 9.47 Å². The Morgan fingerprint density at radius 2 is 2.19 bits per heavy atom. The fourth-order valence-electron chi connectivity index (χ4n) is 2.84. The molecule has 1 N–H and O–H groups in total. The normalized spacial score (nSPS) is 21.4. The molecule has 0 radical (unpaired) electrons. The first kappa shape index (κ1) is 16.3. The molecule has 1 aliphatic heterocycles. The highest BCUT2D eigenvalue weighted by molar-refractivity contribution is 5.28. The predicted molar refractivity (Wildman–Crippen MR) is 80.5 cm³/mol. The van der Waals surface area contributed by atoms with Crippen LogP contribution in [0.15, 0.2) is 6.20 Å². The van der Waals surface area contributed by atoms with E-state index in [2.05, 4.69) is 23.8 Å². The zero-order valence-electron chi connectivity index (χ0n) is 13.3. The molecule has 2 heterocycles. The van der Waals surface area contributed by atoms with Crippen LogP contribution in [0.2, 0.25) is 0 Å². The summed E-state index contributed by atoms with van der Waals surface area (Å²) in [5.74, 6) is 0.632. The van der Waals surface area contributed by atoms with Crippen LogP contribution < -0.4 is 4.74 Å². The maximum atomic E-state index is 10.7. The molecule has 1 fully saturated rings. The second kappa shape index (κ2) is 7.77. The Kier molecular flexibility index (Phi) is 6.02. The van der Waals surface area contributed by atoms with Gasteiger partial charge >= 0.3 is 0 Å². The van der Waals surface area contributed by atoms with E-state index in [0.29, 0.717) is 12.4 Å². The summed E-state index contributed by atoms with van der Waals surface area (Å²) in [7, 11) is 1.61. The summed E-state index contributed by atoms with van der Waals surface area (Å²) < 4.78 is 13.0. The fraction of sp³-hybridized carbons (Fsp3) is 0.800. The van der Waals surface area contributed by atoms with Gasteiger partial charge in [-0.3, -0.25) is 9.58 Å². The minimum Gasteiger partial charge on any atom is -0.493 e. The van der Waals surface area contributed by atoms with E-state index in [0.717, 1.165) is 44.7 Å². The fourth-order valence-corrected chi connectivity index (χ4v) is 2.84. The van der Waals surface area contributed by atoms with E-state index in [1.54, 1.807) is 13.3 Å². The summed E-state index contributed by atoms with van der Waals surface area (Å²) in [6, 6.07) is 0. The van der Waals surface area contributed by atoms with Gasteiger partial charge in [0.1, 0.15) is 17.9 Å². The number of hydrogen-bond donors (Lipinski definition) is 1. The Bertz CT molecular complexity index is 434. The Hall–Kier alpha value is -1.11. The number of methoxy groups -OCH3 is 1. The first-order valence-corrected chi connectivity index (χ1v) is 7.82. The van der Waals surface area contributed by atoms with E-state index in [1.165, 1.54) is 0 Å². The van der Waals surface area contributed by atoms with Crippen molar-refractivity contribution < 1.29 is 14.6 Å². The highest BCUT2D eigenvalue weighted by Crippen LogP contribution is 2.30. The summed E-state index contributed by atoms with van der Waals surface area (Å²) in [4.78, 5) is 2.34. The van der Waals surface area contributed by atoms with Gasteiger partial charge in [0, 0.05) is 19.6 Å². The van der Waals surface area contributed by atoms with Gasteiger partial charge in [-0.05, 0) is 19.4 Å². The van der Waals surface area contributed by atoms with Crippen LogP contribution in [0.1, 0.15) is 38.5 Å². The molecule has 2 unspecified atom stereocenters. The topological polar surface area (TPSA) is 59.8 Å². The highest BCUT2D eigenvalue weighted by atomic mass is 16.5. The highest BCUT2D eigenvalue weighted by Gasteiger charge is 2.32. The summed E-state index contributed by atoms with van der Waals surface area (Å²) in [5, 5.41) is 15.1. The first-order valence-electron chi connectivity index (χ1n) is 7.82. The number of ether oxygens (including phenoxy) is 2. The maximum absolute atomic E-state index is 10.7. The van der Waals surface area contributed by atoms with Crippen molar-refractivity contribution in [2.24, 2.45) is 0 Å². The van der Waals surface area contributed by atoms with Gasteiger partial charge in [-0.2, -0.15) is 5.10 Å². The van der Waals surface area contributed by atoms with E-state index in [-0.39, 0.29) is 6.10 Å². The van der Waals surface area contributed by atoms with Crippen LogP contribution in [0, 0.1) is 0 Å². The van der Waals surface area contributed by atoms with Crippen molar-refractivity contribution in [2.75, 3.05) is 33.4 Å². The molecule has 6 heteroatoms. The van der Waals surface area contributed by atoms with Crippen LogP contribution in [-0.2, 0) is 11.3 Å². The molecule has 0 bridgehead atoms.